The van der Waals surface area contributed by atoms with Crippen LogP contribution in [0.2, 0.25) is 0 Å². The molecule has 21 heavy (non-hydrogen) atoms. The van der Waals surface area contributed by atoms with Crippen LogP contribution in [0.4, 0.5) is 0 Å². The smallest absolute Gasteiger partial charge is 0.276 e. The molecule has 0 saturated carbocycles. The Kier molecular flexibility index (Phi) is 4.06. The number of piperidine rings is 1. The minimum atomic E-state index is -0.0903. The SMILES string of the molecule is COCC1CCN(C(=O)c2cc(-c3ccco3)on2)CC1. The summed E-state index contributed by atoms with van der Waals surface area (Å²) >= 11 is 0. The first kappa shape index (κ1) is 13.9. The molecule has 3 rings (SSSR count). The second-order valence-corrected chi connectivity index (χ2v) is 5.24. The maximum Gasteiger partial charge on any atom is 0.276 e. The minimum Gasteiger partial charge on any atom is -0.461 e. The number of amides is 1. The molecular weight excluding hydrogens is 272 g/mol. The van der Waals surface area contributed by atoms with Crippen molar-refractivity contribution in [2.45, 2.75) is 12.8 Å². The molecule has 6 heteroatoms. The van der Waals surface area contributed by atoms with Gasteiger partial charge in [0, 0.05) is 32.9 Å². The fourth-order valence-electron chi connectivity index (χ4n) is 2.61. The van der Waals surface area contributed by atoms with Gasteiger partial charge in [0.1, 0.15) is 0 Å². The topological polar surface area (TPSA) is 68.7 Å². The minimum absolute atomic E-state index is 0.0903. The van der Waals surface area contributed by atoms with Crippen LogP contribution in [0.5, 0.6) is 0 Å². The monoisotopic (exact) mass is 290 g/mol. The zero-order valence-corrected chi connectivity index (χ0v) is 11.9. The molecule has 0 radical (unpaired) electrons. The van der Waals surface area contributed by atoms with E-state index in [2.05, 4.69) is 5.16 Å². The fraction of sp³-hybridized carbons (Fsp3) is 0.467. The van der Waals surface area contributed by atoms with Gasteiger partial charge in [0.2, 0.25) is 5.76 Å². The molecule has 1 amide bonds. The molecular formula is C15H18N2O4. The van der Waals surface area contributed by atoms with E-state index < -0.39 is 0 Å². The van der Waals surface area contributed by atoms with Gasteiger partial charge in [0.05, 0.1) is 6.26 Å². The quantitative estimate of drug-likeness (QED) is 0.865. The summed E-state index contributed by atoms with van der Waals surface area (Å²) in [7, 11) is 1.71. The van der Waals surface area contributed by atoms with Crippen molar-refractivity contribution in [2.24, 2.45) is 5.92 Å². The summed E-state index contributed by atoms with van der Waals surface area (Å²) < 4.78 is 15.6. The second-order valence-electron chi connectivity index (χ2n) is 5.24. The van der Waals surface area contributed by atoms with Gasteiger partial charge in [-0.1, -0.05) is 5.16 Å². The highest BCUT2D eigenvalue weighted by atomic mass is 16.5. The Hall–Kier alpha value is -2.08. The lowest BCUT2D eigenvalue weighted by Gasteiger charge is -2.31. The number of hydrogen-bond donors (Lipinski definition) is 0. The lowest BCUT2D eigenvalue weighted by molar-refractivity contribution is 0.0604. The van der Waals surface area contributed by atoms with Crippen LogP contribution in [-0.4, -0.2) is 42.8 Å². The van der Waals surface area contributed by atoms with E-state index in [1.54, 1.807) is 31.6 Å². The predicted octanol–water partition coefficient (Wildman–Crippen LogP) is 2.43. The molecule has 0 bridgehead atoms. The van der Waals surface area contributed by atoms with Crippen molar-refractivity contribution in [1.29, 1.82) is 0 Å². The van der Waals surface area contributed by atoms with Crippen molar-refractivity contribution < 1.29 is 18.5 Å². The van der Waals surface area contributed by atoms with Crippen LogP contribution in [0.15, 0.2) is 33.4 Å². The van der Waals surface area contributed by atoms with E-state index in [-0.39, 0.29) is 5.91 Å². The molecule has 3 heterocycles. The third-order valence-corrected chi connectivity index (χ3v) is 3.80. The number of aromatic nitrogens is 1. The predicted molar refractivity (Wildman–Crippen MR) is 74.7 cm³/mol. The summed E-state index contributed by atoms with van der Waals surface area (Å²) in [6.45, 7) is 2.22. The number of carbonyl (C=O) groups is 1. The summed E-state index contributed by atoms with van der Waals surface area (Å²) in [5, 5.41) is 3.85. The van der Waals surface area contributed by atoms with Crippen LogP contribution in [-0.2, 0) is 4.74 Å². The van der Waals surface area contributed by atoms with Crippen LogP contribution in [0.1, 0.15) is 23.3 Å². The Morgan fingerprint density at radius 1 is 1.43 bits per heavy atom. The lowest BCUT2D eigenvalue weighted by atomic mass is 9.97. The highest BCUT2D eigenvalue weighted by Crippen LogP contribution is 2.23. The number of rotatable bonds is 4. The largest absolute Gasteiger partial charge is 0.461 e. The summed E-state index contributed by atoms with van der Waals surface area (Å²) in [4.78, 5) is 14.2. The van der Waals surface area contributed by atoms with Crippen molar-refractivity contribution in [2.75, 3.05) is 26.8 Å². The van der Waals surface area contributed by atoms with Crippen LogP contribution >= 0.6 is 0 Å². The van der Waals surface area contributed by atoms with Gasteiger partial charge in [-0.3, -0.25) is 4.79 Å². The molecule has 1 saturated heterocycles. The number of ether oxygens (including phenoxy) is 1. The third-order valence-electron chi connectivity index (χ3n) is 3.80. The van der Waals surface area contributed by atoms with Gasteiger partial charge in [-0.05, 0) is 30.9 Å². The molecule has 1 aliphatic rings. The molecule has 0 unspecified atom stereocenters. The first-order chi connectivity index (χ1) is 10.3. The average Bonchev–Trinajstić information content (AvgIpc) is 3.19. The number of hydrogen-bond acceptors (Lipinski definition) is 5. The number of nitrogens with zero attached hydrogens (tertiary/aromatic N) is 2. The number of carbonyl (C=O) groups excluding carboxylic acids is 1. The lowest BCUT2D eigenvalue weighted by Crippen LogP contribution is -2.39. The molecule has 112 valence electrons. The van der Waals surface area contributed by atoms with Crippen LogP contribution in [0, 0.1) is 5.92 Å². The van der Waals surface area contributed by atoms with E-state index in [0.717, 1.165) is 32.5 Å². The number of likely N-dealkylation sites (tertiary alicyclic amines) is 1. The molecule has 0 spiro atoms. The van der Waals surface area contributed by atoms with Crippen molar-refractivity contribution in [3.8, 4) is 11.5 Å². The second kappa shape index (κ2) is 6.13. The average molecular weight is 290 g/mol. The molecule has 0 aliphatic carbocycles. The van der Waals surface area contributed by atoms with Gasteiger partial charge < -0.3 is 18.6 Å². The van der Waals surface area contributed by atoms with Gasteiger partial charge in [-0.25, -0.2) is 0 Å². The van der Waals surface area contributed by atoms with Crippen LogP contribution in [0.3, 0.4) is 0 Å². The van der Waals surface area contributed by atoms with E-state index in [0.29, 0.717) is 23.1 Å². The Labute approximate surface area is 122 Å². The zero-order chi connectivity index (χ0) is 14.7. The van der Waals surface area contributed by atoms with Gasteiger partial charge >= 0.3 is 0 Å². The van der Waals surface area contributed by atoms with E-state index in [9.17, 15) is 4.79 Å². The zero-order valence-electron chi connectivity index (χ0n) is 11.9. The molecule has 0 N–H and O–H groups in total. The third kappa shape index (κ3) is 3.00. The first-order valence-corrected chi connectivity index (χ1v) is 7.06. The molecule has 6 nitrogen and oxygen atoms in total. The van der Waals surface area contributed by atoms with E-state index in [4.69, 9.17) is 13.7 Å². The normalized spacial score (nSPS) is 16.3. The molecule has 1 aliphatic heterocycles. The summed E-state index contributed by atoms with van der Waals surface area (Å²) in [5.41, 5.74) is 0.326. The van der Waals surface area contributed by atoms with Crippen LogP contribution < -0.4 is 0 Å². The summed E-state index contributed by atoms with van der Waals surface area (Å²) in [6.07, 6.45) is 3.48. The summed E-state index contributed by atoms with van der Waals surface area (Å²) in [6, 6.07) is 5.16. The van der Waals surface area contributed by atoms with Gasteiger partial charge in [0.15, 0.2) is 11.5 Å². The van der Waals surface area contributed by atoms with Gasteiger partial charge in [0.25, 0.3) is 5.91 Å². The highest BCUT2D eigenvalue weighted by Gasteiger charge is 2.26. The van der Waals surface area contributed by atoms with Crippen molar-refractivity contribution >= 4 is 5.91 Å². The summed E-state index contributed by atoms with van der Waals surface area (Å²) in [5.74, 6) is 1.49. The molecule has 0 atom stereocenters. The van der Waals surface area contributed by atoms with E-state index in [1.807, 2.05) is 4.90 Å². The van der Waals surface area contributed by atoms with Crippen molar-refractivity contribution in [3.05, 3.63) is 30.2 Å². The molecule has 2 aromatic rings. The molecule has 0 aromatic carbocycles. The Morgan fingerprint density at radius 2 is 2.24 bits per heavy atom. The van der Waals surface area contributed by atoms with Gasteiger partial charge in [-0.15, -0.1) is 0 Å². The molecule has 1 fully saturated rings. The fourth-order valence-corrected chi connectivity index (χ4v) is 2.61. The Morgan fingerprint density at radius 3 is 2.90 bits per heavy atom. The Balaban J connectivity index is 1.64. The number of methoxy groups -OCH3 is 1. The van der Waals surface area contributed by atoms with E-state index in [1.165, 1.54) is 0 Å². The van der Waals surface area contributed by atoms with E-state index >= 15 is 0 Å². The Bertz CT molecular complexity index is 583. The van der Waals surface area contributed by atoms with Gasteiger partial charge in [-0.2, -0.15) is 0 Å². The van der Waals surface area contributed by atoms with Crippen LogP contribution in [0.25, 0.3) is 11.5 Å². The maximum atomic E-state index is 12.4. The van der Waals surface area contributed by atoms with Crippen molar-refractivity contribution in [1.82, 2.24) is 10.1 Å². The maximum absolute atomic E-state index is 12.4. The first-order valence-electron chi connectivity index (χ1n) is 7.06. The standard InChI is InChI=1S/C15H18N2O4/c1-19-10-11-4-6-17(7-5-11)15(18)12-9-14(21-16-12)13-3-2-8-20-13/h2-3,8-9,11H,4-7,10H2,1H3. The molecule has 2 aromatic heterocycles. The highest BCUT2D eigenvalue weighted by molar-refractivity contribution is 5.93. The number of furan rings is 1. The van der Waals surface area contributed by atoms with Crippen molar-refractivity contribution in [3.63, 3.8) is 0 Å².